The first-order chi connectivity index (χ1) is 13.4. The van der Waals surface area contributed by atoms with Gasteiger partial charge in [-0.2, -0.15) is 0 Å². The van der Waals surface area contributed by atoms with Gasteiger partial charge in [0.25, 0.3) is 0 Å². The van der Waals surface area contributed by atoms with Crippen LogP contribution in [0.5, 0.6) is 0 Å². The van der Waals surface area contributed by atoms with Crippen LogP contribution in [0.25, 0.3) is 10.9 Å². The molecule has 1 heterocycles. The Hall–Kier alpha value is -3.25. The van der Waals surface area contributed by atoms with Crippen LogP contribution in [-0.2, 0) is 9.59 Å². The van der Waals surface area contributed by atoms with E-state index in [4.69, 9.17) is 0 Å². The molecule has 144 valence electrons. The first-order valence-electron chi connectivity index (χ1n) is 9.15. The van der Waals surface area contributed by atoms with E-state index in [2.05, 4.69) is 15.6 Å². The van der Waals surface area contributed by atoms with Gasteiger partial charge < -0.3 is 10.6 Å². The average molecular weight is 376 g/mol. The van der Waals surface area contributed by atoms with Crippen molar-refractivity contribution >= 4 is 34.1 Å². The Labute approximate surface area is 164 Å². The molecule has 3 aromatic rings. The lowest BCUT2D eigenvalue weighted by molar-refractivity contribution is -0.122. The maximum Gasteiger partial charge on any atom is 0.241 e. The van der Waals surface area contributed by atoms with Gasteiger partial charge in [-0.05, 0) is 57.3 Å². The van der Waals surface area contributed by atoms with Crippen LogP contribution in [0.15, 0.2) is 60.8 Å². The highest BCUT2D eigenvalue weighted by molar-refractivity contribution is 6.03. The van der Waals surface area contributed by atoms with Crippen molar-refractivity contribution in [1.29, 1.82) is 0 Å². The third-order valence-electron chi connectivity index (χ3n) is 4.67. The van der Waals surface area contributed by atoms with Gasteiger partial charge in [-0.25, -0.2) is 0 Å². The third kappa shape index (κ3) is 4.72. The van der Waals surface area contributed by atoms with E-state index in [0.29, 0.717) is 5.69 Å². The summed E-state index contributed by atoms with van der Waals surface area (Å²) < 4.78 is 0. The zero-order valence-corrected chi connectivity index (χ0v) is 16.3. The van der Waals surface area contributed by atoms with Crippen molar-refractivity contribution in [2.24, 2.45) is 0 Å². The molecule has 0 saturated heterocycles. The summed E-state index contributed by atoms with van der Waals surface area (Å²) in [7, 11) is 1.75. The molecular formula is C22H24N4O2. The van der Waals surface area contributed by atoms with Gasteiger partial charge in [0.2, 0.25) is 11.8 Å². The van der Waals surface area contributed by atoms with E-state index < -0.39 is 6.04 Å². The van der Waals surface area contributed by atoms with Gasteiger partial charge in [0, 0.05) is 17.3 Å². The summed E-state index contributed by atoms with van der Waals surface area (Å²) in [6.45, 7) is 3.88. The molecule has 1 aromatic heterocycles. The molecule has 6 nitrogen and oxygen atoms in total. The normalized spacial score (nSPS) is 12.0. The van der Waals surface area contributed by atoms with Crippen LogP contribution in [0.1, 0.15) is 12.5 Å². The summed E-state index contributed by atoms with van der Waals surface area (Å²) in [5, 5.41) is 6.67. The summed E-state index contributed by atoms with van der Waals surface area (Å²) >= 11 is 0. The maximum atomic E-state index is 12.7. The van der Waals surface area contributed by atoms with Gasteiger partial charge >= 0.3 is 0 Å². The number of pyridine rings is 1. The van der Waals surface area contributed by atoms with Crippen molar-refractivity contribution in [3.05, 3.63) is 66.4 Å². The predicted octanol–water partition coefficient (Wildman–Crippen LogP) is 3.44. The van der Waals surface area contributed by atoms with Crippen LogP contribution in [0.4, 0.5) is 11.4 Å². The van der Waals surface area contributed by atoms with Crippen molar-refractivity contribution in [3.63, 3.8) is 0 Å². The minimum atomic E-state index is -0.476. The molecule has 0 spiro atoms. The topological polar surface area (TPSA) is 74.3 Å². The van der Waals surface area contributed by atoms with Crippen LogP contribution in [0.2, 0.25) is 0 Å². The number of carbonyl (C=O) groups excluding carboxylic acids is 2. The number of aromatic nitrogens is 1. The number of rotatable bonds is 6. The van der Waals surface area contributed by atoms with Crippen molar-refractivity contribution in [2.45, 2.75) is 19.9 Å². The molecule has 3 rings (SSSR count). The van der Waals surface area contributed by atoms with E-state index in [1.807, 2.05) is 61.5 Å². The van der Waals surface area contributed by atoms with Gasteiger partial charge in [-0.15, -0.1) is 0 Å². The van der Waals surface area contributed by atoms with E-state index in [1.54, 1.807) is 25.1 Å². The zero-order valence-electron chi connectivity index (χ0n) is 16.3. The van der Waals surface area contributed by atoms with Crippen LogP contribution in [0.3, 0.4) is 0 Å². The maximum absolute atomic E-state index is 12.7. The van der Waals surface area contributed by atoms with E-state index in [-0.39, 0.29) is 18.4 Å². The predicted molar refractivity (Wildman–Crippen MR) is 112 cm³/mol. The van der Waals surface area contributed by atoms with E-state index in [1.165, 1.54) is 0 Å². The molecule has 0 bridgehead atoms. The lowest BCUT2D eigenvalue weighted by Crippen LogP contribution is -2.43. The van der Waals surface area contributed by atoms with E-state index in [9.17, 15) is 9.59 Å². The Kier molecular flexibility index (Phi) is 6.01. The zero-order chi connectivity index (χ0) is 20.1. The number of nitrogens with zero attached hydrogens (tertiary/aromatic N) is 2. The third-order valence-corrected chi connectivity index (χ3v) is 4.67. The van der Waals surface area contributed by atoms with Crippen LogP contribution >= 0.6 is 0 Å². The number of nitrogens with one attached hydrogen (secondary N) is 2. The number of hydrogen-bond donors (Lipinski definition) is 2. The number of hydrogen-bond acceptors (Lipinski definition) is 4. The summed E-state index contributed by atoms with van der Waals surface area (Å²) in [4.78, 5) is 31.0. The molecule has 2 aromatic carbocycles. The fourth-order valence-electron chi connectivity index (χ4n) is 2.85. The monoisotopic (exact) mass is 376 g/mol. The molecular weight excluding hydrogens is 352 g/mol. The average Bonchev–Trinajstić information content (AvgIpc) is 2.69. The Bertz CT molecular complexity index is 980. The Morgan fingerprint density at radius 1 is 1.04 bits per heavy atom. The van der Waals surface area contributed by atoms with Gasteiger partial charge in [0.15, 0.2) is 0 Å². The van der Waals surface area contributed by atoms with Crippen LogP contribution in [-0.4, -0.2) is 41.3 Å². The molecule has 2 amide bonds. The van der Waals surface area contributed by atoms with Gasteiger partial charge in [0.05, 0.1) is 23.8 Å². The molecule has 0 radical (unpaired) electrons. The van der Waals surface area contributed by atoms with Crippen molar-refractivity contribution < 1.29 is 9.59 Å². The Morgan fingerprint density at radius 2 is 1.79 bits per heavy atom. The Morgan fingerprint density at radius 3 is 2.54 bits per heavy atom. The molecule has 0 aliphatic carbocycles. The van der Waals surface area contributed by atoms with Crippen molar-refractivity contribution in [2.75, 3.05) is 24.2 Å². The number of carbonyl (C=O) groups is 2. The highest BCUT2D eigenvalue weighted by Crippen LogP contribution is 2.21. The van der Waals surface area contributed by atoms with Gasteiger partial charge in [0.1, 0.15) is 0 Å². The fraction of sp³-hybridized carbons (Fsp3) is 0.227. The molecule has 0 aliphatic rings. The van der Waals surface area contributed by atoms with Gasteiger partial charge in [-0.1, -0.05) is 23.8 Å². The first kappa shape index (κ1) is 19.5. The summed E-state index contributed by atoms with van der Waals surface area (Å²) in [6.07, 6.45) is 1.72. The quantitative estimate of drug-likeness (QED) is 0.691. The number of amides is 2. The molecule has 0 saturated carbocycles. The second kappa shape index (κ2) is 8.63. The second-order valence-corrected chi connectivity index (χ2v) is 6.87. The smallest absolute Gasteiger partial charge is 0.241 e. The van der Waals surface area contributed by atoms with Crippen LogP contribution < -0.4 is 10.6 Å². The molecule has 2 N–H and O–H groups in total. The number of anilines is 2. The van der Waals surface area contributed by atoms with E-state index >= 15 is 0 Å². The van der Waals surface area contributed by atoms with E-state index in [0.717, 1.165) is 22.2 Å². The van der Waals surface area contributed by atoms with Crippen molar-refractivity contribution in [3.8, 4) is 0 Å². The standard InChI is InChI=1S/C22H24N4O2/c1-15-9-11-17(12-10-15)24-21(27)14-26(3)16(2)22(28)25-20-8-4-7-19-18(20)6-5-13-23-19/h4-13,16H,14H2,1-3H3,(H,24,27)(H,25,28)/t16-/m1/s1. The summed E-state index contributed by atoms with van der Waals surface area (Å²) in [6, 6.07) is 16.5. The van der Waals surface area contributed by atoms with Gasteiger partial charge in [-0.3, -0.25) is 19.5 Å². The molecule has 0 aliphatic heterocycles. The number of aryl methyl sites for hydroxylation is 1. The fourth-order valence-corrected chi connectivity index (χ4v) is 2.85. The summed E-state index contributed by atoms with van der Waals surface area (Å²) in [5.41, 5.74) is 3.40. The number of benzene rings is 2. The SMILES string of the molecule is Cc1ccc(NC(=O)CN(C)[C@H](C)C(=O)Nc2cccc3ncccc23)cc1. The molecule has 0 fully saturated rings. The van der Waals surface area contributed by atoms with Crippen molar-refractivity contribution in [1.82, 2.24) is 9.88 Å². The lowest BCUT2D eigenvalue weighted by Gasteiger charge is -2.23. The van der Waals surface area contributed by atoms with Crippen LogP contribution in [0, 0.1) is 6.92 Å². The highest BCUT2D eigenvalue weighted by atomic mass is 16.2. The minimum Gasteiger partial charge on any atom is -0.325 e. The number of likely N-dealkylation sites (N-methyl/N-ethyl adjacent to an activating group) is 1. The minimum absolute atomic E-state index is 0.111. The first-order valence-corrected chi connectivity index (χ1v) is 9.15. The lowest BCUT2D eigenvalue weighted by atomic mass is 10.1. The molecule has 1 atom stereocenters. The summed E-state index contributed by atoms with van der Waals surface area (Å²) in [5.74, 6) is -0.345. The second-order valence-electron chi connectivity index (χ2n) is 6.87. The highest BCUT2D eigenvalue weighted by Gasteiger charge is 2.21. The molecule has 0 unspecified atom stereocenters. The largest absolute Gasteiger partial charge is 0.325 e. The molecule has 28 heavy (non-hydrogen) atoms. The number of fused-ring (bicyclic) bond motifs is 1. The molecule has 6 heteroatoms. The Balaban J connectivity index is 1.60.